The molecular formula is C20H30O3Si. The molecule has 2 rings (SSSR count). The van der Waals surface area contributed by atoms with Crippen LogP contribution in [0.15, 0.2) is 42.5 Å². The highest BCUT2D eigenvalue weighted by molar-refractivity contribution is 6.77. The summed E-state index contributed by atoms with van der Waals surface area (Å²) in [6.07, 6.45) is 0.965. The molecule has 132 valence electrons. The average Bonchev–Trinajstić information content (AvgIpc) is 2.53. The molecule has 0 saturated carbocycles. The summed E-state index contributed by atoms with van der Waals surface area (Å²) in [5.41, 5.74) is 0.220. The lowest BCUT2D eigenvalue weighted by atomic mass is 9.93. The first kappa shape index (κ1) is 19.1. The maximum Gasteiger partial charge on any atom is 0.537 e. The lowest BCUT2D eigenvalue weighted by Crippen LogP contribution is -2.57. The van der Waals surface area contributed by atoms with Gasteiger partial charge in [0.2, 0.25) is 0 Å². The van der Waals surface area contributed by atoms with Crippen molar-refractivity contribution in [2.45, 2.75) is 41.0 Å². The van der Waals surface area contributed by atoms with Crippen LogP contribution in [-0.4, -0.2) is 28.6 Å². The third-order valence-corrected chi connectivity index (χ3v) is 6.95. The molecule has 3 nitrogen and oxygen atoms in total. The van der Waals surface area contributed by atoms with Gasteiger partial charge in [0.15, 0.2) is 0 Å². The normalized spacial score (nSPS) is 12.7. The first-order chi connectivity index (χ1) is 11.4. The molecule has 0 atom stereocenters. The molecule has 0 fully saturated rings. The molecule has 0 N–H and O–H groups in total. The molecule has 0 heterocycles. The van der Waals surface area contributed by atoms with Crippen LogP contribution in [0.4, 0.5) is 0 Å². The van der Waals surface area contributed by atoms with Gasteiger partial charge in [-0.15, -0.1) is 0 Å². The zero-order valence-electron chi connectivity index (χ0n) is 15.6. The Morgan fingerprint density at radius 3 is 2.08 bits per heavy atom. The van der Waals surface area contributed by atoms with Gasteiger partial charge in [-0.05, 0) is 36.5 Å². The van der Waals surface area contributed by atoms with Crippen molar-refractivity contribution < 1.29 is 13.3 Å². The quantitative estimate of drug-likeness (QED) is 0.658. The molecule has 0 aliphatic heterocycles. The van der Waals surface area contributed by atoms with Crippen molar-refractivity contribution in [3.05, 3.63) is 42.5 Å². The van der Waals surface area contributed by atoms with E-state index in [1.165, 1.54) is 5.39 Å². The predicted molar refractivity (Wildman–Crippen MR) is 103 cm³/mol. The molecule has 0 amide bonds. The summed E-state index contributed by atoms with van der Waals surface area (Å²) >= 11 is 0. The zero-order valence-corrected chi connectivity index (χ0v) is 16.6. The number of fused-ring (bicyclic) bond motifs is 1. The fourth-order valence-corrected chi connectivity index (χ4v) is 5.43. The van der Waals surface area contributed by atoms with Crippen molar-refractivity contribution in [3.8, 4) is 0 Å². The minimum atomic E-state index is -2.94. The SMILES string of the molecule is CCO[Si](OCC)(OCCC(C)(C)C)c1cccc2ccccc12. The van der Waals surface area contributed by atoms with Gasteiger partial charge in [-0.2, -0.15) is 0 Å². The summed E-state index contributed by atoms with van der Waals surface area (Å²) in [5, 5.41) is 3.41. The topological polar surface area (TPSA) is 27.7 Å². The fourth-order valence-electron chi connectivity index (χ4n) is 2.72. The van der Waals surface area contributed by atoms with Crippen LogP contribution in [0.25, 0.3) is 10.8 Å². The Morgan fingerprint density at radius 2 is 1.46 bits per heavy atom. The summed E-state index contributed by atoms with van der Waals surface area (Å²) in [6.45, 7) is 12.4. The second kappa shape index (κ2) is 8.25. The first-order valence-electron chi connectivity index (χ1n) is 8.82. The van der Waals surface area contributed by atoms with Gasteiger partial charge in [-0.1, -0.05) is 63.2 Å². The van der Waals surface area contributed by atoms with Gasteiger partial charge in [0, 0.05) is 25.0 Å². The van der Waals surface area contributed by atoms with E-state index in [9.17, 15) is 0 Å². The van der Waals surface area contributed by atoms with Crippen LogP contribution >= 0.6 is 0 Å². The van der Waals surface area contributed by atoms with E-state index in [4.69, 9.17) is 13.3 Å². The highest BCUT2D eigenvalue weighted by Crippen LogP contribution is 2.22. The summed E-state index contributed by atoms with van der Waals surface area (Å²) < 4.78 is 18.7. The number of benzene rings is 2. The molecule has 0 aliphatic carbocycles. The van der Waals surface area contributed by atoms with Gasteiger partial charge in [0.1, 0.15) is 0 Å². The van der Waals surface area contributed by atoms with Gasteiger partial charge < -0.3 is 13.3 Å². The molecule has 4 heteroatoms. The molecule has 2 aromatic rings. The first-order valence-corrected chi connectivity index (χ1v) is 10.5. The summed E-state index contributed by atoms with van der Waals surface area (Å²) in [7, 11) is -2.94. The lowest BCUT2D eigenvalue weighted by Gasteiger charge is -2.31. The standard InChI is InChI=1S/C20H30O3Si/c1-6-21-24(22-7-2,23-16-15-20(3,4)5)19-14-10-12-17-11-8-9-13-18(17)19/h8-14H,6-7,15-16H2,1-5H3. The van der Waals surface area contributed by atoms with E-state index in [-0.39, 0.29) is 5.41 Å². The Balaban J connectivity index is 2.43. The molecule has 0 bridgehead atoms. The largest absolute Gasteiger partial charge is 0.537 e. The second-order valence-electron chi connectivity index (χ2n) is 7.11. The number of rotatable bonds is 8. The molecule has 0 unspecified atom stereocenters. The van der Waals surface area contributed by atoms with Crippen molar-refractivity contribution >= 4 is 24.8 Å². The van der Waals surface area contributed by atoms with Crippen LogP contribution in [0.3, 0.4) is 0 Å². The van der Waals surface area contributed by atoms with Crippen LogP contribution in [0.1, 0.15) is 41.0 Å². The highest BCUT2D eigenvalue weighted by atomic mass is 28.4. The maximum absolute atomic E-state index is 6.38. The molecular weight excluding hydrogens is 316 g/mol. The van der Waals surface area contributed by atoms with E-state index in [0.29, 0.717) is 19.8 Å². The Hall–Kier alpha value is -1.20. The van der Waals surface area contributed by atoms with E-state index >= 15 is 0 Å². The van der Waals surface area contributed by atoms with Crippen LogP contribution in [0, 0.1) is 5.41 Å². The van der Waals surface area contributed by atoms with Gasteiger partial charge in [0.05, 0.1) is 0 Å². The van der Waals surface area contributed by atoms with Crippen LogP contribution in [-0.2, 0) is 13.3 Å². The Morgan fingerprint density at radius 1 is 0.833 bits per heavy atom. The van der Waals surface area contributed by atoms with E-state index in [1.807, 2.05) is 13.8 Å². The summed E-state index contributed by atoms with van der Waals surface area (Å²) in [4.78, 5) is 0. The van der Waals surface area contributed by atoms with Crippen molar-refractivity contribution in [2.75, 3.05) is 19.8 Å². The Kier molecular flexibility index (Phi) is 6.58. The Labute approximate surface area is 147 Å². The lowest BCUT2D eigenvalue weighted by molar-refractivity contribution is 0.0728. The van der Waals surface area contributed by atoms with E-state index in [2.05, 4.69) is 63.2 Å². The predicted octanol–water partition coefficient (Wildman–Crippen LogP) is 4.51. The van der Waals surface area contributed by atoms with E-state index in [0.717, 1.165) is 17.0 Å². The number of hydrogen-bond donors (Lipinski definition) is 0. The smallest absolute Gasteiger partial charge is 0.370 e. The van der Waals surface area contributed by atoms with Crippen molar-refractivity contribution in [1.29, 1.82) is 0 Å². The van der Waals surface area contributed by atoms with Gasteiger partial charge >= 0.3 is 8.80 Å². The molecule has 2 aromatic carbocycles. The maximum atomic E-state index is 6.38. The van der Waals surface area contributed by atoms with E-state index < -0.39 is 8.80 Å². The fraction of sp³-hybridized carbons (Fsp3) is 0.500. The van der Waals surface area contributed by atoms with Gasteiger partial charge in [-0.25, -0.2) is 0 Å². The Bertz CT molecular complexity index is 637. The van der Waals surface area contributed by atoms with Crippen molar-refractivity contribution in [1.82, 2.24) is 0 Å². The van der Waals surface area contributed by atoms with E-state index in [1.54, 1.807) is 0 Å². The highest BCUT2D eigenvalue weighted by Gasteiger charge is 2.44. The number of hydrogen-bond acceptors (Lipinski definition) is 3. The third-order valence-electron chi connectivity index (χ3n) is 3.93. The van der Waals surface area contributed by atoms with Crippen molar-refractivity contribution in [2.24, 2.45) is 5.41 Å². The second-order valence-corrected chi connectivity index (χ2v) is 9.63. The van der Waals surface area contributed by atoms with Crippen molar-refractivity contribution in [3.63, 3.8) is 0 Å². The minimum Gasteiger partial charge on any atom is -0.370 e. The van der Waals surface area contributed by atoms with Gasteiger partial charge in [-0.3, -0.25) is 0 Å². The third kappa shape index (κ3) is 4.67. The summed E-state index contributed by atoms with van der Waals surface area (Å²) in [5.74, 6) is 0. The van der Waals surface area contributed by atoms with Gasteiger partial charge in [0.25, 0.3) is 0 Å². The van der Waals surface area contributed by atoms with Crippen LogP contribution in [0.5, 0.6) is 0 Å². The minimum absolute atomic E-state index is 0.220. The monoisotopic (exact) mass is 346 g/mol. The molecule has 0 radical (unpaired) electrons. The van der Waals surface area contributed by atoms with Crippen LogP contribution < -0.4 is 5.19 Å². The molecule has 0 aliphatic rings. The molecule has 24 heavy (non-hydrogen) atoms. The zero-order chi connectivity index (χ0) is 17.6. The molecule has 0 spiro atoms. The molecule has 0 saturated heterocycles. The summed E-state index contributed by atoms with van der Waals surface area (Å²) in [6, 6.07) is 14.6. The molecule has 0 aromatic heterocycles. The average molecular weight is 347 g/mol. The van der Waals surface area contributed by atoms with Crippen LogP contribution in [0.2, 0.25) is 0 Å².